The molecule has 2 N–H and O–H groups in total. The molecule has 0 spiro atoms. The van der Waals surface area contributed by atoms with Crippen LogP contribution >= 0.6 is 24.8 Å². The minimum absolute atomic E-state index is 0. The summed E-state index contributed by atoms with van der Waals surface area (Å²) in [6, 6.07) is 10.8. The molecular formula is C16H25Cl2N3O. The zero-order valence-electron chi connectivity index (χ0n) is 12.7. The zero-order valence-corrected chi connectivity index (χ0v) is 14.3. The van der Waals surface area contributed by atoms with E-state index in [1.165, 1.54) is 5.56 Å². The molecule has 4 nitrogen and oxygen atoms in total. The molecule has 2 atom stereocenters. The molecule has 2 unspecified atom stereocenters. The highest BCUT2D eigenvalue weighted by molar-refractivity contribution is 5.85. The molecule has 1 aromatic rings. The van der Waals surface area contributed by atoms with Gasteiger partial charge in [0.15, 0.2) is 0 Å². The maximum absolute atomic E-state index is 12.4. The van der Waals surface area contributed by atoms with E-state index in [9.17, 15) is 4.79 Å². The van der Waals surface area contributed by atoms with Crippen LogP contribution in [-0.2, 0) is 11.3 Å². The van der Waals surface area contributed by atoms with Gasteiger partial charge in [-0.25, -0.2) is 0 Å². The SMILES string of the molecule is Cl.Cl.O=C(NC1CCNC1)C1CCCN1Cc1ccccc1. The standard InChI is InChI=1S/C16H23N3O.2ClH/c20-16(18-14-8-9-17-11-14)15-7-4-10-19(15)12-13-5-2-1-3-6-13;;/h1-3,5-6,14-15,17H,4,7-12H2,(H,18,20);2*1H. The molecule has 124 valence electrons. The fraction of sp³-hybridized carbons (Fsp3) is 0.562. The van der Waals surface area contributed by atoms with E-state index >= 15 is 0 Å². The summed E-state index contributed by atoms with van der Waals surface area (Å²) in [5, 5.41) is 6.48. The van der Waals surface area contributed by atoms with Crippen LogP contribution in [0.2, 0.25) is 0 Å². The zero-order chi connectivity index (χ0) is 13.8. The van der Waals surface area contributed by atoms with Gasteiger partial charge in [-0.1, -0.05) is 30.3 Å². The Morgan fingerprint density at radius 2 is 2.00 bits per heavy atom. The summed E-state index contributed by atoms with van der Waals surface area (Å²) < 4.78 is 0. The second kappa shape index (κ2) is 9.36. The summed E-state index contributed by atoms with van der Waals surface area (Å²) in [6.45, 7) is 3.83. The van der Waals surface area contributed by atoms with Gasteiger partial charge in [0, 0.05) is 19.1 Å². The molecule has 1 amide bonds. The molecule has 2 heterocycles. The molecule has 2 aliphatic rings. The van der Waals surface area contributed by atoms with E-state index < -0.39 is 0 Å². The number of hydrogen-bond acceptors (Lipinski definition) is 3. The van der Waals surface area contributed by atoms with E-state index in [1.807, 2.05) is 6.07 Å². The Hall–Kier alpha value is -0.810. The van der Waals surface area contributed by atoms with Crippen molar-refractivity contribution in [3.63, 3.8) is 0 Å². The number of likely N-dealkylation sites (tertiary alicyclic amines) is 1. The van der Waals surface area contributed by atoms with Crippen LogP contribution in [0.25, 0.3) is 0 Å². The largest absolute Gasteiger partial charge is 0.351 e. The molecule has 2 saturated heterocycles. The van der Waals surface area contributed by atoms with Crippen LogP contribution in [-0.4, -0.2) is 42.5 Å². The molecular weight excluding hydrogens is 321 g/mol. The first-order valence-corrected chi connectivity index (χ1v) is 7.62. The summed E-state index contributed by atoms with van der Waals surface area (Å²) in [4.78, 5) is 14.7. The van der Waals surface area contributed by atoms with Gasteiger partial charge < -0.3 is 10.6 Å². The normalized spacial score (nSPS) is 24.4. The molecule has 2 fully saturated rings. The van der Waals surface area contributed by atoms with Crippen molar-refractivity contribution >= 4 is 30.7 Å². The third-order valence-corrected chi connectivity index (χ3v) is 4.30. The molecule has 3 rings (SSSR count). The minimum Gasteiger partial charge on any atom is -0.351 e. The van der Waals surface area contributed by atoms with E-state index in [4.69, 9.17) is 0 Å². The van der Waals surface area contributed by atoms with E-state index in [-0.39, 0.29) is 36.8 Å². The molecule has 1 aromatic carbocycles. The third-order valence-electron chi connectivity index (χ3n) is 4.30. The topological polar surface area (TPSA) is 44.4 Å². The highest BCUT2D eigenvalue weighted by atomic mass is 35.5. The van der Waals surface area contributed by atoms with Crippen LogP contribution in [0.1, 0.15) is 24.8 Å². The number of carbonyl (C=O) groups excluding carboxylic acids is 1. The summed E-state index contributed by atoms with van der Waals surface area (Å²) in [7, 11) is 0. The fourth-order valence-corrected chi connectivity index (χ4v) is 3.21. The number of carbonyl (C=O) groups is 1. The summed E-state index contributed by atoms with van der Waals surface area (Å²) in [5.74, 6) is 0.215. The molecule has 0 aromatic heterocycles. The number of halogens is 2. The van der Waals surface area contributed by atoms with Crippen molar-refractivity contribution in [3.05, 3.63) is 35.9 Å². The number of benzene rings is 1. The lowest BCUT2D eigenvalue weighted by Crippen LogP contribution is -2.47. The summed E-state index contributed by atoms with van der Waals surface area (Å²) >= 11 is 0. The van der Waals surface area contributed by atoms with Crippen molar-refractivity contribution < 1.29 is 4.79 Å². The Morgan fingerprint density at radius 3 is 2.68 bits per heavy atom. The number of nitrogens with zero attached hydrogens (tertiary/aromatic N) is 1. The average Bonchev–Trinajstić information content (AvgIpc) is 3.11. The van der Waals surface area contributed by atoms with Crippen LogP contribution in [0, 0.1) is 0 Å². The van der Waals surface area contributed by atoms with Gasteiger partial charge in [-0.3, -0.25) is 9.69 Å². The predicted molar refractivity (Wildman–Crippen MR) is 93.8 cm³/mol. The smallest absolute Gasteiger partial charge is 0.237 e. The second-order valence-corrected chi connectivity index (χ2v) is 5.81. The molecule has 0 saturated carbocycles. The lowest BCUT2D eigenvalue weighted by atomic mass is 10.1. The van der Waals surface area contributed by atoms with Crippen molar-refractivity contribution in [3.8, 4) is 0 Å². The van der Waals surface area contributed by atoms with E-state index in [0.29, 0.717) is 6.04 Å². The molecule has 0 radical (unpaired) electrons. The highest BCUT2D eigenvalue weighted by Gasteiger charge is 2.32. The van der Waals surface area contributed by atoms with Crippen LogP contribution in [0.4, 0.5) is 0 Å². The first-order chi connectivity index (χ1) is 9.83. The van der Waals surface area contributed by atoms with Crippen molar-refractivity contribution in [1.82, 2.24) is 15.5 Å². The van der Waals surface area contributed by atoms with E-state index in [1.54, 1.807) is 0 Å². The number of amides is 1. The predicted octanol–water partition coefficient (Wildman–Crippen LogP) is 1.97. The van der Waals surface area contributed by atoms with Gasteiger partial charge in [0.1, 0.15) is 0 Å². The average molecular weight is 346 g/mol. The van der Waals surface area contributed by atoms with Crippen LogP contribution in [0.5, 0.6) is 0 Å². The van der Waals surface area contributed by atoms with Gasteiger partial charge in [0.2, 0.25) is 5.91 Å². The maximum atomic E-state index is 12.4. The monoisotopic (exact) mass is 345 g/mol. The van der Waals surface area contributed by atoms with Crippen molar-refractivity contribution in [2.24, 2.45) is 0 Å². The number of hydrogen-bond donors (Lipinski definition) is 2. The number of nitrogens with one attached hydrogen (secondary N) is 2. The first kappa shape index (κ1) is 19.2. The van der Waals surface area contributed by atoms with Gasteiger partial charge in [-0.2, -0.15) is 0 Å². The second-order valence-electron chi connectivity index (χ2n) is 5.81. The van der Waals surface area contributed by atoms with Crippen molar-refractivity contribution in [2.75, 3.05) is 19.6 Å². The molecule has 22 heavy (non-hydrogen) atoms. The van der Waals surface area contributed by atoms with Gasteiger partial charge in [0.05, 0.1) is 6.04 Å². The summed E-state index contributed by atoms with van der Waals surface area (Å²) in [5.41, 5.74) is 1.29. The van der Waals surface area contributed by atoms with E-state index in [2.05, 4.69) is 39.8 Å². The quantitative estimate of drug-likeness (QED) is 0.876. The first-order valence-electron chi connectivity index (χ1n) is 7.62. The molecule has 2 aliphatic heterocycles. The van der Waals surface area contributed by atoms with Gasteiger partial charge >= 0.3 is 0 Å². The number of rotatable bonds is 4. The lowest BCUT2D eigenvalue weighted by molar-refractivity contribution is -0.126. The lowest BCUT2D eigenvalue weighted by Gasteiger charge is -2.25. The molecule has 0 aliphatic carbocycles. The van der Waals surface area contributed by atoms with Crippen LogP contribution in [0.15, 0.2) is 30.3 Å². The Balaban J connectivity index is 0.00000121. The Bertz CT molecular complexity index is 452. The van der Waals surface area contributed by atoms with Crippen LogP contribution < -0.4 is 10.6 Å². The van der Waals surface area contributed by atoms with Crippen molar-refractivity contribution in [1.29, 1.82) is 0 Å². The summed E-state index contributed by atoms with van der Waals surface area (Å²) in [6.07, 6.45) is 3.16. The van der Waals surface area contributed by atoms with Gasteiger partial charge in [-0.05, 0) is 37.9 Å². The van der Waals surface area contributed by atoms with Crippen LogP contribution in [0.3, 0.4) is 0 Å². The highest BCUT2D eigenvalue weighted by Crippen LogP contribution is 2.20. The van der Waals surface area contributed by atoms with Gasteiger partial charge in [0.25, 0.3) is 0 Å². The Labute approximate surface area is 144 Å². The van der Waals surface area contributed by atoms with Gasteiger partial charge in [-0.15, -0.1) is 24.8 Å². The maximum Gasteiger partial charge on any atom is 0.237 e. The van der Waals surface area contributed by atoms with E-state index in [0.717, 1.165) is 45.4 Å². The van der Waals surface area contributed by atoms with Crippen molar-refractivity contribution in [2.45, 2.75) is 37.9 Å². The fourth-order valence-electron chi connectivity index (χ4n) is 3.21. The molecule has 0 bridgehead atoms. The Morgan fingerprint density at radius 1 is 1.23 bits per heavy atom. The Kier molecular flexibility index (Phi) is 8.18. The third kappa shape index (κ3) is 4.85. The minimum atomic E-state index is 0. The molecule has 6 heteroatoms.